The first-order valence-corrected chi connectivity index (χ1v) is 3.37. The van der Waals surface area contributed by atoms with E-state index in [0.29, 0.717) is 6.54 Å². The Hall–Kier alpha value is -1.40. The minimum absolute atomic E-state index is 0.598. The molecule has 0 unspecified atom stereocenters. The fourth-order valence-corrected chi connectivity index (χ4v) is 0.600. The third-order valence-electron chi connectivity index (χ3n) is 1.06. The van der Waals surface area contributed by atoms with Gasteiger partial charge in [0.2, 0.25) is 0 Å². The van der Waals surface area contributed by atoms with Gasteiger partial charge in [-0.05, 0) is 0 Å². The zero-order chi connectivity index (χ0) is 7.94. The van der Waals surface area contributed by atoms with E-state index in [1.807, 2.05) is 0 Å². The van der Waals surface area contributed by atoms with E-state index in [9.17, 15) is 0 Å². The topological polar surface area (TPSA) is 51.8 Å². The van der Waals surface area contributed by atoms with E-state index in [4.69, 9.17) is 5.73 Å². The Kier molecular flexibility index (Phi) is 3.10. The molecule has 2 N–H and O–H groups in total. The van der Waals surface area contributed by atoms with Crippen molar-refractivity contribution in [2.45, 2.75) is 6.42 Å². The SMILES string of the molecule is NCCC#Cc1cncnc1. The Labute approximate surface area is 65.7 Å². The van der Waals surface area contributed by atoms with Crippen molar-refractivity contribution in [1.29, 1.82) is 0 Å². The molecule has 1 aromatic heterocycles. The maximum absolute atomic E-state index is 5.26. The minimum Gasteiger partial charge on any atom is -0.330 e. The molecule has 0 amide bonds. The number of nitrogens with two attached hydrogens (primary N) is 1. The summed E-state index contributed by atoms with van der Waals surface area (Å²) in [6.07, 6.45) is 5.55. The lowest BCUT2D eigenvalue weighted by molar-refractivity contribution is 1.03. The van der Waals surface area contributed by atoms with E-state index in [-0.39, 0.29) is 0 Å². The molecule has 56 valence electrons. The molecule has 0 aromatic carbocycles. The average molecular weight is 147 g/mol. The predicted octanol–water partition coefficient (Wildman–Crippen LogP) is 0.177. The summed E-state index contributed by atoms with van der Waals surface area (Å²) in [5, 5.41) is 0. The molecule has 3 nitrogen and oxygen atoms in total. The van der Waals surface area contributed by atoms with Gasteiger partial charge in [0.25, 0.3) is 0 Å². The normalized spacial score (nSPS) is 8.45. The number of hydrogen-bond acceptors (Lipinski definition) is 3. The Bertz CT molecular complexity index is 258. The standard InChI is InChI=1S/C8H9N3/c9-4-2-1-3-8-5-10-7-11-6-8/h5-7H,2,4,9H2. The van der Waals surface area contributed by atoms with Crippen molar-refractivity contribution in [2.24, 2.45) is 5.73 Å². The molecule has 0 atom stereocenters. The molecule has 0 fully saturated rings. The molecular formula is C8H9N3. The molecule has 0 bridgehead atoms. The molecule has 0 aliphatic carbocycles. The van der Waals surface area contributed by atoms with Gasteiger partial charge in [-0.3, -0.25) is 0 Å². The molecule has 0 aliphatic heterocycles. The molecule has 11 heavy (non-hydrogen) atoms. The molecule has 0 aliphatic rings. The van der Waals surface area contributed by atoms with Crippen molar-refractivity contribution >= 4 is 0 Å². The van der Waals surface area contributed by atoms with Crippen LogP contribution in [0.15, 0.2) is 18.7 Å². The maximum atomic E-state index is 5.26. The number of hydrogen-bond donors (Lipinski definition) is 1. The molecular weight excluding hydrogens is 138 g/mol. The molecule has 1 aromatic rings. The van der Waals surface area contributed by atoms with Crippen molar-refractivity contribution < 1.29 is 0 Å². The summed E-state index contributed by atoms with van der Waals surface area (Å²) in [5.74, 6) is 5.79. The van der Waals surface area contributed by atoms with Crippen LogP contribution < -0.4 is 5.73 Å². The van der Waals surface area contributed by atoms with E-state index in [0.717, 1.165) is 12.0 Å². The van der Waals surface area contributed by atoms with Crippen molar-refractivity contribution in [1.82, 2.24) is 9.97 Å². The molecule has 3 heteroatoms. The minimum atomic E-state index is 0.598. The van der Waals surface area contributed by atoms with Crippen molar-refractivity contribution in [3.63, 3.8) is 0 Å². The number of nitrogens with zero attached hydrogens (tertiary/aromatic N) is 2. The second-order valence-corrected chi connectivity index (χ2v) is 1.97. The average Bonchev–Trinajstić information content (AvgIpc) is 2.07. The summed E-state index contributed by atoms with van der Waals surface area (Å²) in [7, 11) is 0. The van der Waals surface area contributed by atoms with Crippen LogP contribution in [0.5, 0.6) is 0 Å². The summed E-state index contributed by atoms with van der Waals surface area (Å²) in [4.78, 5) is 7.64. The first-order chi connectivity index (χ1) is 5.43. The van der Waals surface area contributed by atoms with Gasteiger partial charge in [-0.2, -0.15) is 0 Å². The zero-order valence-corrected chi connectivity index (χ0v) is 6.12. The summed E-state index contributed by atoms with van der Waals surface area (Å²) >= 11 is 0. The number of aromatic nitrogens is 2. The Balaban J connectivity index is 2.59. The largest absolute Gasteiger partial charge is 0.330 e. The van der Waals surface area contributed by atoms with Gasteiger partial charge in [0.15, 0.2) is 0 Å². The van der Waals surface area contributed by atoms with Crippen LogP contribution in [0, 0.1) is 11.8 Å². The van der Waals surface area contributed by atoms with Crippen LogP contribution in [0.4, 0.5) is 0 Å². The molecule has 0 radical (unpaired) electrons. The highest BCUT2D eigenvalue weighted by Gasteiger charge is 1.81. The lowest BCUT2D eigenvalue weighted by Crippen LogP contribution is -1.95. The molecule has 0 saturated heterocycles. The van der Waals surface area contributed by atoms with Crippen LogP contribution in [0.25, 0.3) is 0 Å². The third kappa shape index (κ3) is 2.78. The van der Waals surface area contributed by atoms with Crippen LogP contribution in [0.2, 0.25) is 0 Å². The van der Waals surface area contributed by atoms with Gasteiger partial charge < -0.3 is 5.73 Å². The van der Waals surface area contributed by atoms with E-state index in [2.05, 4.69) is 21.8 Å². The second kappa shape index (κ2) is 4.42. The van der Waals surface area contributed by atoms with Crippen molar-refractivity contribution in [3.8, 4) is 11.8 Å². The van der Waals surface area contributed by atoms with Crippen molar-refractivity contribution in [3.05, 3.63) is 24.3 Å². The van der Waals surface area contributed by atoms with Gasteiger partial charge in [-0.15, -0.1) is 0 Å². The highest BCUT2D eigenvalue weighted by atomic mass is 14.8. The Morgan fingerprint density at radius 1 is 1.36 bits per heavy atom. The smallest absolute Gasteiger partial charge is 0.115 e. The highest BCUT2D eigenvalue weighted by Crippen LogP contribution is 1.87. The quantitative estimate of drug-likeness (QED) is 0.576. The Morgan fingerprint density at radius 3 is 2.73 bits per heavy atom. The monoisotopic (exact) mass is 147 g/mol. The maximum Gasteiger partial charge on any atom is 0.115 e. The van der Waals surface area contributed by atoms with Crippen LogP contribution in [-0.4, -0.2) is 16.5 Å². The van der Waals surface area contributed by atoms with E-state index >= 15 is 0 Å². The number of rotatable bonds is 1. The summed E-state index contributed by atoms with van der Waals surface area (Å²) < 4.78 is 0. The molecule has 0 saturated carbocycles. The van der Waals surface area contributed by atoms with Crippen LogP contribution >= 0.6 is 0 Å². The fraction of sp³-hybridized carbons (Fsp3) is 0.250. The first kappa shape index (κ1) is 7.70. The highest BCUT2D eigenvalue weighted by molar-refractivity contribution is 5.28. The fourth-order valence-electron chi connectivity index (χ4n) is 0.600. The lowest BCUT2D eigenvalue weighted by Gasteiger charge is -1.84. The molecule has 1 heterocycles. The van der Waals surface area contributed by atoms with Gasteiger partial charge in [-0.1, -0.05) is 11.8 Å². The van der Waals surface area contributed by atoms with E-state index in [1.54, 1.807) is 12.4 Å². The van der Waals surface area contributed by atoms with Gasteiger partial charge in [0.1, 0.15) is 6.33 Å². The van der Waals surface area contributed by atoms with Gasteiger partial charge in [0, 0.05) is 25.4 Å². The van der Waals surface area contributed by atoms with E-state index < -0.39 is 0 Å². The first-order valence-electron chi connectivity index (χ1n) is 3.37. The van der Waals surface area contributed by atoms with Crippen LogP contribution in [-0.2, 0) is 0 Å². The van der Waals surface area contributed by atoms with Crippen LogP contribution in [0.1, 0.15) is 12.0 Å². The molecule has 0 spiro atoms. The summed E-state index contributed by atoms with van der Waals surface area (Å²) in [6.45, 7) is 0.598. The second-order valence-electron chi connectivity index (χ2n) is 1.97. The van der Waals surface area contributed by atoms with Gasteiger partial charge in [-0.25, -0.2) is 9.97 Å². The van der Waals surface area contributed by atoms with E-state index in [1.165, 1.54) is 6.33 Å². The van der Waals surface area contributed by atoms with Crippen LogP contribution in [0.3, 0.4) is 0 Å². The molecule has 1 rings (SSSR count). The summed E-state index contributed by atoms with van der Waals surface area (Å²) in [5.41, 5.74) is 6.09. The van der Waals surface area contributed by atoms with Gasteiger partial charge >= 0.3 is 0 Å². The van der Waals surface area contributed by atoms with Crippen molar-refractivity contribution in [2.75, 3.05) is 6.54 Å². The predicted molar refractivity (Wildman–Crippen MR) is 42.6 cm³/mol. The Morgan fingerprint density at radius 2 is 2.09 bits per heavy atom. The summed E-state index contributed by atoms with van der Waals surface area (Å²) in [6, 6.07) is 0. The third-order valence-corrected chi connectivity index (χ3v) is 1.06. The zero-order valence-electron chi connectivity index (χ0n) is 6.12. The lowest BCUT2D eigenvalue weighted by atomic mass is 10.3. The van der Waals surface area contributed by atoms with Gasteiger partial charge in [0.05, 0.1) is 5.56 Å².